The zero-order valence-corrected chi connectivity index (χ0v) is 7.84. The lowest BCUT2D eigenvalue weighted by molar-refractivity contribution is 0.0953. The van der Waals surface area contributed by atoms with Gasteiger partial charge in [0.2, 0.25) is 0 Å². The number of nitrogen functional groups attached to an aromatic ring is 1. The van der Waals surface area contributed by atoms with E-state index < -0.39 is 17.2 Å². The van der Waals surface area contributed by atoms with Crippen LogP contribution in [0.25, 0.3) is 0 Å². The van der Waals surface area contributed by atoms with Gasteiger partial charge in [0.25, 0.3) is 5.91 Å². The second kappa shape index (κ2) is 4.70. The van der Waals surface area contributed by atoms with Crippen molar-refractivity contribution in [2.75, 3.05) is 4.72 Å². The van der Waals surface area contributed by atoms with Crippen molar-refractivity contribution in [1.29, 1.82) is 0 Å². The highest BCUT2D eigenvalue weighted by Gasteiger charge is 2.01. The van der Waals surface area contributed by atoms with Crippen LogP contribution in [-0.4, -0.2) is 14.7 Å². The van der Waals surface area contributed by atoms with Crippen LogP contribution in [0.5, 0.6) is 0 Å². The number of carbonyl (C=O) groups excluding carboxylic acids is 1. The maximum atomic E-state index is 11.0. The van der Waals surface area contributed by atoms with E-state index in [1.54, 1.807) is 0 Å². The summed E-state index contributed by atoms with van der Waals surface area (Å²) in [5.41, 5.74) is 2.70. The van der Waals surface area contributed by atoms with Crippen LogP contribution in [0.1, 0.15) is 10.4 Å². The van der Waals surface area contributed by atoms with Gasteiger partial charge in [-0.1, -0.05) is 0 Å². The Kier molecular flexibility index (Phi) is 3.57. The summed E-state index contributed by atoms with van der Waals surface area (Å²) in [6.07, 6.45) is 0. The van der Waals surface area contributed by atoms with Crippen molar-refractivity contribution < 1.29 is 13.6 Å². The smallest absolute Gasteiger partial charge is 0.265 e. The average molecular weight is 214 g/mol. The number of amides is 1. The monoisotopic (exact) mass is 214 g/mol. The number of nitrogens with two attached hydrogens (primary N) is 1. The molecule has 0 spiro atoms. The van der Waals surface area contributed by atoms with Gasteiger partial charge < -0.3 is 9.27 Å². The lowest BCUT2D eigenvalue weighted by Gasteiger charge is -2.08. The number of rotatable bonds is 3. The Labute approximate surface area is 82.9 Å². The van der Waals surface area contributed by atoms with Crippen molar-refractivity contribution in [2.45, 2.75) is 0 Å². The summed E-state index contributed by atoms with van der Waals surface area (Å²) in [6.45, 7) is 0. The third-order valence-electron chi connectivity index (χ3n) is 1.48. The van der Waals surface area contributed by atoms with Crippen molar-refractivity contribution in [3.8, 4) is 0 Å². The molecule has 4 N–H and O–H groups in total. The number of hydrazine groups is 1. The van der Waals surface area contributed by atoms with E-state index in [4.69, 9.17) is 5.84 Å². The second-order valence-corrected chi connectivity index (χ2v) is 3.06. The first kappa shape index (κ1) is 10.6. The van der Waals surface area contributed by atoms with Crippen molar-refractivity contribution >= 4 is 22.9 Å². The number of benzene rings is 1. The molecule has 0 aliphatic heterocycles. The molecule has 1 atom stereocenters. The normalized spacial score (nSPS) is 11.9. The Morgan fingerprint density at radius 3 is 2.36 bits per heavy atom. The first-order valence-corrected chi connectivity index (χ1v) is 4.68. The van der Waals surface area contributed by atoms with Crippen LogP contribution in [0.15, 0.2) is 24.3 Å². The van der Waals surface area contributed by atoms with Crippen molar-refractivity contribution in [1.82, 2.24) is 5.43 Å². The quantitative estimate of drug-likeness (QED) is 0.273. The molecule has 0 aliphatic carbocycles. The van der Waals surface area contributed by atoms with Gasteiger partial charge in [-0.3, -0.25) is 14.4 Å². The van der Waals surface area contributed by atoms with Gasteiger partial charge in [-0.25, -0.2) is 5.84 Å². The Morgan fingerprint density at radius 2 is 1.93 bits per heavy atom. The van der Waals surface area contributed by atoms with Gasteiger partial charge in [0.05, 0.1) is 0 Å². The molecule has 1 amide bonds. The van der Waals surface area contributed by atoms with Gasteiger partial charge in [-0.2, -0.15) is 0 Å². The molecule has 1 aromatic rings. The molecule has 0 aromatic heterocycles. The largest absolute Gasteiger partial charge is 0.755 e. The molecule has 76 valence electrons. The molecule has 0 saturated carbocycles. The van der Waals surface area contributed by atoms with Gasteiger partial charge in [0.15, 0.2) is 0 Å². The first-order chi connectivity index (χ1) is 6.63. The summed E-state index contributed by atoms with van der Waals surface area (Å²) in [5, 5.41) is 0. The zero-order chi connectivity index (χ0) is 10.6. The molecular formula is C7H8N3O3S-. The topological polar surface area (TPSA) is 107 Å². The molecule has 0 radical (unpaired) electrons. The lowest BCUT2D eigenvalue weighted by atomic mass is 10.2. The van der Waals surface area contributed by atoms with Gasteiger partial charge >= 0.3 is 0 Å². The third-order valence-corrected chi connectivity index (χ3v) is 1.88. The number of carbonyl (C=O) groups is 1. The fraction of sp³-hybridized carbons (Fsp3) is 0. The summed E-state index contributed by atoms with van der Waals surface area (Å²) < 4.78 is 22.6. The second-order valence-electron chi connectivity index (χ2n) is 2.39. The van der Waals surface area contributed by atoms with Gasteiger partial charge in [0.1, 0.15) is 0 Å². The molecule has 0 fully saturated rings. The predicted octanol–water partition coefficient (Wildman–Crippen LogP) is -0.504. The Hall–Kier alpha value is -1.44. The standard InChI is InChI=1S/C7H9N3O3S/c8-9-7(11)5-1-3-6(4-2-5)10-14(12)13/h1-4,10H,8H2,(H,9,11)(H,12,13)/p-1. The highest BCUT2D eigenvalue weighted by atomic mass is 32.2. The van der Waals surface area contributed by atoms with Crippen LogP contribution in [-0.2, 0) is 11.3 Å². The maximum absolute atomic E-state index is 11.0. The molecule has 0 aliphatic rings. The molecular weight excluding hydrogens is 206 g/mol. The van der Waals surface area contributed by atoms with E-state index in [0.29, 0.717) is 11.3 Å². The van der Waals surface area contributed by atoms with E-state index >= 15 is 0 Å². The maximum Gasteiger partial charge on any atom is 0.265 e. The Morgan fingerprint density at radius 1 is 1.36 bits per heavy atom. The molecule has 1 unspecified atom stereocenters. The van der Waals surface area contributed by atoms with Crippen LogP contribution in [0.4, 0.5) is 5.69 Å². The summed E-state index contributed by atoms with van der Waals surface area (Å²) in [7, 11) is 0. The molecule has 0 heterocycles. The minimum Gasteiger partial charge on any atom is -0.755 e. The van der Waals surface area contributed by atoms with Crippen molar-refractivity contribution in [3.05, 3.63) is 29.8 Å². The fourth-order valence-electron chi connectivity index (χ4n) is 0.869. The number of hydrogen-bond acceptors (Lipinski definition) is 4. The third kappa shape index (κ3) is 2.80. The molecule has 7 heteroatoms. The van der Waals surface area contributed by atoms with E-state index in [1.807, 2.05) is 5.43 Å². The van der Waals surface area contributed by atoms with Gasteiger partial charge in [0, 0.05) is 22.5 Å². The molecule has 0 saturated heterocycles. The fourth-order valence-corrected chi connectivity index (χ4v) is 1.20. The summed E-state index contributed by atoms with van der Waals surface area (Å²) in [4.78, 5) is 11.0. The van der Waals surface area contributed by atoms with E-state index in [9.17, 15) is 13.6 Å². The molecule has 6 nitrogen and oxygen atoms in total. The number of hydrogen-bond donors (Lipinski definition) is 3. The summed E-state index contributed by atoms with van der Waals surface area (Å²) >= 11 is -2.36. The van der Waals surface area contributed by atoms with Crippen molar-refractivity contribution in [2.24, 2.45) is 5.84 Å². The van der Waals surface area contributed by atoms with E-state index in [-0.39, 0.29) is 0 Å². The minimum absolute atomic E-state index is 0.356. The first-order valence-electron chi connectivity index (χ1n) is 3.60. The highest BCUT2D eigenvalue weighted by Crippen LogP contribution is 2.09. The average Bonchev–Trinajstić information content (AvgIpc) is 2.17. The van der Waals surface area contributed by atoms with Crippen LogP contribution in [0.3, 0.4) is 0 Å². The van der Waals surface area contributed by atoms with Crippen LogP contribution in [0, 0.1) is 0 Å². The molecule has 1 aromatic carbocycles. The van der Waals surface area contributed by atoms with Crippen LogP contribution < -0.4 is 16.0 Å². The van der Waals surface area contributed by atoms with Crippen LogP contribution in [0.2, 0.25) is 0 Å². The highest BCUT2D eigenvalue weighted by molar-refractivity contribution is 7.80. The van der Waals surface area contributed by atoms with Crippen LogP contribution >= 0.6 is 0 Å². The minimum atomic E-state index is -2.36. The van der Waals surface area contributed by atoms with Crippen molar-refractivity contribution in [3.63, 3.8) is 0 Å². The summed E-state index contributed by atoms with van der Waals surface area (Å²) in [5.74, 6) is 4.48. The van der Waals surface area contributed by atoms with E-state index in [2.05, 4.69) is 4.72 Å². The Balaban J connectivity index is 2.78. The molecule has 14 heavy (non-hydrogen) atoms. The lowest BCUT2D eigenvalue weighted by Crippen LogP contribution is -2.29. The van der Waals surface area contributed by atoms with Gasteiger partial charge in [-0.05, 0) is 24.3 Å². The summed E-state index contributed by atoms with van der Waals surface area (Å²) in [6, 6.07) is 5.83. The predicted molar refractivity (Wildman–Crippen MR) is 50.6 cm³/mol. The number of nitrogens with one attached hydrogen (secondary N) is 2. The Bertz CT molecular complexity index is 352. The SMILES string of the molecule is NNC(=O)c1ccc(NS(=O)[O-])cc1. The molecule has 1 rings (SSSR count). The molecule has 0 bridgehead atoms. The van der Waals surface area contributed by atoms with E-state index in [1.165, 1.54) is 24.3 Å². The zero-order valence-electron chi connectivity index (χ0n) is 7.02. The van der Waals surface area contributed by atoms with E-state index in [0.717, 1.165) is 0 Å². The van der Waals surface area contributed by atoms with Gasteiger partial charge in [-0.15, -0.1) is 0 Å². The number of anilines is 1.